The molecule has 0 amide bonds. The highest BCUT2D eigenvalue weighted by Gasteiger charge is 2.09. The summed E-state index contributed by atoms with van der Waals surface area (Å²) in [7, 11) is 4.03. The maximum atomic E-state index is 6.17. The lowest BCUT2D eigenvalue weighted by Gasteiger charge is -2.15. The Bertz CT molecular complexity index is 163. The Morgan fingerprint density at radius 3 is 2.00 bits per heavy atom. The smallest absolute Gasteiger partial charge is 0.103 e. The molecule has 0 bridgehead atoms. The van der Waals surface area contributed by atoms with Crippen molar-refractivity contribution in [2.24, 2.45) is 0 Å². The Hall–Kier alpha value is -0.170. The topological polar surface area (TPSA) is 3.24 Å². The van der Waals surface area contributed by atoms with Gasteiger partial charge in [0, 0.05) is 14.1 Å². The van der Waals surface area contributed by atoms with Crippen LogP contribution in [0.5, 0.6) is 0 Å². The number of halogens is 1. The average Bonchev–Trinajstić information content (AvgIpc) is 2.30. The van der Waals surface area contributed by atoms with Gasteiger partial charge in [0.25, 0.3) is 0 Å². The van der Waals surface area contributed by atoms with Gasteiger partial charge in [-0.05, 0) is 31.3 Å². The molecule has 1 nitrogen and oxygen atoms in total. The summed E-state index contributed by atoms with van der Waals surface area (Å²) in [5.74, 6) is 0. The van der Waals surface area contributed by atoms with Crippen LogP contribution >= 0.6 is 11.6 Å². The van der Waals surface area contributed by atoms with Gasteiger partial charge in [0.2, 0.25) is 0 Å². The molecule has 1 aliphatic rings. The van der Waals surface area contributed by atoms with Crippen molar-refractivity contribution >= 4 is 11.6 Å². The Morgan fingerprint density at radius 2 is 1.58 bits per heavy atom. The number of hydrogen-bond acceptors (Lipinski definition) is 1. The van der Waals surface area contributed by atoms with Crippen molar-refractivity contribution in [3.8, 4) is 0 Å². The summed E-state index contributed by atoms with van der Waals surface area (Å²) >= 11 is 6.17. The van der Waals surface area contributed by atoms with Gasteiger partial charge in [-0.1, -0.05) is 24.4 Å². The van der Waals surface area contributed by atoms with Gasteiger partial charge in [-0.2, -0.15) is 0 Å². The van der Waals surface area contributed by atoms with Gasteiger partial charge in [0.1, 0.15) is 5.16 Å². The molecule has 0 aromatic heterocycles. The summed E-state index contributed by atoms with van der Waals surface area (Å²) in [5.41, 5.74) is 1.46. The van der Waals surface area contributed by atoms with E-state index < -0.39 is 0 Å². The lowest BCUT2D eigenvalue weighted by molar-refractivity contribution is 0.533. The fraction of sp³-hybridized carbons (Fsp3) is 0.800. The van der Waals surface area contributed by atoms with Crippen molar-refractivity contribution in [3.63, 3.8) is 0 Å². The van der Waals surface area contributed by atoms with Gasteiger partial charge in [0.15, 0.2) is 0 Å². The summed E-state index contributed by atoms with van der Waals surface area (Å²) in [6.45, 7) is 0. The molecule has 1 rings (SSSR count). The second kappa shape index (κ2) is 4.76. The third-order valence-electron chi connectivity index (χ3n) is 2.39. The first-order valence-electron chi connectivity index (χ1n) is 4.76. The second-order valence-electron chi connectivity index (χ2n) is 3.70. The van der Waals surface area contributed by atoms with Crippen molar-refractivity contribution in [3.05, 3.63) is 10.7 Å². The molecule has 0 saturated heterocycles. The van der Waals surface area contributed by atoms with Crippen LogP contribution in [-0.2, 0) is 0 Å². The summed E-state index contributed by atoms with van der Waals surface area (Å²) in [5, 5.41) is 0.969. The molecule has 1 aliphatic carbocycles. The van der Waals surface area contributed by atoms with Crippen LogP contribution in [0.1, 0.15) is 38.5 Å². The standard InChI is InChI=1S/C10H18ClN/c1-12(2)10(11)9-7-5-3-4-6-8-9/h3-8H2,1-2H3. The van der Waals surface area contributed by atoms with Crippen molar-refractivity contribution in [2.45, 2.75) is 38.5 Å². The highest BCUT2D eigenvalue weighted by atomic mass is 35.5. The summed E-state index contributed by atoms with van der Waals surface area (Å²) in [6, 6.07) is 0. The molecule has 1 fully saturated rings. The van der Waals surface area contributed by atoms with E-state index in [1.807, 2.05) is 19.0 Å². The molecule has 0 atom stereocenters. The average molecular weight is 188 g/mol. The van der Waals surface area contributed by atoms with E-state index in [-0.39, 0.29) is 0 Å². The van der Waals surface area contributed by atoms with Gasteiger partial charge in [-0.15, -0.1) is 0 Å². The zero-order chi connectivity index (χ0) is 8.97. The quantitative estimate of drug-likeness (QED) is 0.450. The van der Waals surface area contributed by atoms with Crippen LogP contribution in [-0.4, -0.2) is 19.0 Å². The van der Waals surface area contributed by atoms with E-state index in [1.165, 1.54) is 44.1 Å². The van der Waals surface area contributed by atoms with E-state index in [0.717, 1.165) is 5.16 Å². The van der Waals surface area contributed by atoms with Crippen LogP contribution < -0.4 is 0 Å². The van der Waals surface area contributed by atoms with E-state index in [9.17, 15) is 0 Å². The van der Waals surface area contributed by atoms with E-state index >= 15 is 0 Å². The Morgan fingerprint density at radius 1 is 1.08 bits per heavy atom. The minimum Gasteiger partial charge on any atom is -0.369 e. The van der Waals surface area contributed by atoms with Crippen LogP contribution in [0, 0.1) is 0 Å². The number of allylic oxidation sites excluding steroid dienone is 1. The molecule has 0 unspecified atom stereocenters. The first kappa shape index (κ1) is 9.91. The Balaban J connectivity index is 2.63. The SMILES string of the molecule is CN(C)C(Cl)=C1CCCCCC1. The highest BCUT2D eigenvalue weighted by Crippen LogP contribution is 2.27. The monoisotopic (exact) mass is 187 g/mol. The normalized spacial score (nSPS) is 18.8. The third-order valence-corrected chi connectivity index (χ3v) is 3.00. The molecule has 12 heavy (non-hydrogen) atoms. The molecule has 0 spiro atoms. The van der Waals surface area contributed by atoms with E-state index in [1.54, 1.807) is 0 Å². The van der Waals surface area contributed by atoms with Gasteiger partial charge in [-0.3, -0.25) is 0 Å². The van der Waals surface area contributed by atoms with Crippen molar-refractivity contribution in [2.75, 3.05) is 14.1 Å². The third kappa shape index (κ3) is 2.71. The summed E-state index contributed by atoms with van der Waals surface area (Å²) < 4.78 is 0. The van der Waals surface area contributed by atoms with Crippen LogP contribution in [0.4, 0.5) is 0 Å². The largest absolute Gasteiger partial charge is 0.369 e. The fourth-order valence-corrected chi connectivity index (χ4v) is 1.87. The maximum Gasteiger partial charge on any atom is 0.103 e. The Labute approximate surface area is 80.4 Å². The molecule has 1 saturated carbocycles. The zero-order valence-corrected chi connectivity index (χ0v) is 8.82. The summed E-state index contributed by atoms with van der Waals surface area (Å²) in [6.07, 6.45) is 7.80. The van der Waals surface area contributed by atoms with Gasteiger partial charge >= 0.3 is 0 Å². The van der Waals surface area contributed by atoms with Crippen molar-refractivity contribution in [1.29, 1.82) is 0 Å². The van der Waals surface area contributed by atoms with E-state index in [4.69, 9.17) is 11.6 Å². The van der Waals surface area contributed by atoms with E-state index in [0.29, 0.717) is 0 Å². The summed E-state index contributed by atoms with van der Waals surface area (Å²) in [4.78, 5) is 2.02. The maximum absolute atomic E-state index is 6.17. The van der Waals surface area contributed by atoms with Gasteiger partial charge in [0.05, 0.1) is 0 Å². The fourth-order valence-electron chi connectivity index (χ4n) is 1.68. The second-order valence-corrected chi connectivity index (χ2v) is 4.06. The zero-order valence-electron chi connectivity index (χ0n) is 8.07. The molecular weight excluding hydrogens is 170 g/mol. The van der Waals surface area contributed by atoms with Gasteiger partial charge < -0.3 is 4.90 Å². The predicted octanol–water partition coefficient (Wildman–Crippen LogP) is 3.35. The molecule has 0 heterocycles. The Kier molecular flexibility index (Phi) is 3.93. The first-order valence-corrected chi connectivity index (χ1v) is 5.14. The van der Waals surface area contributed by atoms with Crippen molar-refractivity contribution < 1.29 is 0 Å². The number of rotatable bonds is 1. The molecule has 0 N–H and O–H groups in total. The van der Waals surface area contributed by atoms with Crippen LogP contribution in [0.3, 0.4) is 0 Å². The highest BCUT2D eigenvalue weighted by molar-refractivity contribution is 6.29. The minimum atomic E-state index is 0.969. The van der Waals surface area contributed by atoms with Crippen LogP contribution in [0.25, 0.3) is 0 Å². The molecule has 0 aliphatic heterocycles. The lowest BCUT2D eigenvalue weighted by atomic mass is 10.1. The molecule has 0 aromatic carbocycles. The number of nitrogens with zero attached hydrogens (tertiary/aromatic N) is 1. The molecular formula is C10H18ClN. The van der Waals surface area contributed by atoms with Gasteiger partial charge in [-0.25, -0.2) is 0 Å². The number of hydrogen-bond donors (Lipinski definition) is 0. The first-order chi connectivity index (χ1) is 5.72. The molecule has 2 heteroatoms. The molecule has 70 valence electrons. The van der Waals surface area contributed by atoms with E-state index in [2.05, 4.69) is 0 Å². The lowest BCUT2D eigenvalue weighted by Crippen LogP contribution is -2.09. The minimum absolute atomic E-state index is 0.969. The molecule has 0 aromatic rings. The van der Waals surface area contributed by atoms with Crippen LogP contribution in [0.2, 0.25) is 0 Å². The van der Waals surface area contributed by atoms with Crippen LogP contribution in [0.15, 0.2) is 10.7 Å². The predicted molar refractivity (Wildman–Crippen MR) is 54.3 cm³/mol. The van der Waals surface area contributed by atoms with Crippen molar-refractivity contribution in [1.82, 2.24) is 4.90 Å². The molecule has 0 radical (unpaired) electrons.